The predicted molar refractivity (Wildman–Crippen MR) is 165 cm³/mol. The quantitative estimate of drug-likeness (QED) is 0.265. The molecule has 0 amide bonds. The summed E-state index contributed by atoms with van der Waals surface area (Å²) in [6, 6.07) is 0. The normalized spacial score (nSPS) is 25.1. The summed E-state index contributed by atoms with van der Waals surface area (Å²) in [5.41, 5.74) is 11.1. The average molecular weight is 573 g/mol. The van der Waals surface area contributed by atoms with Crippen molar-refractivity contribution in [2.75, 3.05) is 7.11 Å². The second-order valence-corrected chi connectivity index (χ2v) is 11.6. The van der Waals surface area contributed by atoms with E-state index in [9.17, 15) is 9.59 Å². The molecule has 3 atom stereocenters. The molecule has 8 bridgehead atoms. The van der Waals surface area contributed by atoms with E-state index >= 15 is 0 Å². The van der Waals surface area contributed by atoms with Gasteiger partial charge in [-0.05, 0) is 52.4 Å². The molecule has 3 aromatic heterocycles. The van der Waals surface area contributed by atoms with E-state index in [0.717, 1.165) is 80.6 Å². The molecular formula is C34H36MgN4O3-2. The summed E-state index contributed by atoms with van der Waals surface area (Å²) in [4.78, 5) is 42.2. The van der Waals surface area contributed by atoms with Crippen LogP contribution in [0.15, 0.2) is 11.4 Å². The third-order valence-electron chi connectivity index (χ3n) is 9.41. The van der Waals surface area contributed by atoms with E-state index in [4.69, 9.17) is 25.0 Å². The molecule has 7 nitrogen and oxygen atoms in total. The second-order valence-electron chi connectivity index (χ2n) is 11.6. The maximum Gasteiger partial charge on any atom is 2.00 e. The minimum atomic E-state index is -1.06. The first kappa shape index (κ1) is 30.2. The molecule has 0 spiro atoms. The van der Waals surface area contributed by atoms with Crippen molar-refractivity contribution in [3.8, 4) is 0 Å². The third kappa shape index (κ3) is 4.37. The van der Waals surface area contributed by atoms with Crippen molar-refractivity contribution in [3.05, 3.63) is 83.6 Å². The van der Waals surface area contributed by atoms with E-state index < -0.39 is 11.9 Å². The van der Waals surface area contributed by atoms with Crippen LogP contribution in [0.4, 0.5) is 0 Å². The summed E-state index contributed by atoms with van der Waals surface area (Å²) in [5.74, 6) is -1.76. The van der Waals surface area contributed by atoms with E-state index in [-0.39, 0.29) is 40.7 Å². The number of ketones is 1. The van der Waals surface area contributed by atoms with Crippen LogP contribution in [0.1, 0.15) is 94.6 Å². The van der Waals surface area contributed by atoms with E-state index in [1.807, 2.05) is 13.0 Å². The summed E-state index contributed by atoms with van der Waals surface area (Å²) >= 11 is 0. The first-order valence-corrected chi connectivity index (χ1v) is 14.6. The largest absolute Gasteiger partial charge is 2.00 e. The van der Waals surface area contributed by atoms with Crippen LogP contribution >= 0.6 is 0 Å². The molecule has 1 saturated heterocycles. The Hall–Kier alpha value is -3.23. The van der Waals surface area contributed by atoms with Crippen LogP contribution in [0.3, 0.4) is 0 Å². The van der Waals surface area contributed by atoms with Crippen LogP contribution in [0.2, 0.25) is 0 Å². The number of fused-ring (bicyclic) bond motifs is 7. The second kappa shape index (κ2) is 11.1. The van der Waals surface area contributed by atoms with Crippen molar-refractivity contribution in [2.45, 2.75) is 67.7 Å². The van der Waals surface area contributed by atoms with Gasteiger partial charge in [0.2, 0.25) is 0 Å². The standard InChI is InChI=1S/C34H37N4O3.Mg/c1-9-11-21-18(6)25-13-23-16(4)15(3)22(35-23)12-24-17(5)20(10-2)27(36-24)14-26-19(7)28-32(38-26)29(31(21)37-25)30(33(28)39)34(40)41-8;/h12-14,18,21,30H,9-11H2,1-8H3,(H-,37,38,39);/q-3;+2/p-1/b24-12-,25-13-,27-14-;/t18-,21-,30+;/m0./s1. The van der Waals surface area contributed by atoms with Gasteiger partial charge in [0, 0.05) is 5.56 Å². The fraction of sp³-hybridized carbons (Fsp3) is 0.412. The minimum absolute atomic E-state index is 0. The predicted octanol–water partition coefficient (Wildman–Crippen LogP) is 4.12. The topological polar surface area (TPSA) is 99.8 Å². The van der Waals surface area contributed by atoms with Crippen molar-refractivity contribution < 1.29 is 14.3 Å². The van der Waals surface area contributed by atoms with Gasteiger partial charge in [-0.25, -0.2) is 0 Å². The fourth-order valence-corrected chi connectivity index (χ4v) is 6.81. The van der Waals surface area contributed by atoms with E-state index in [1.165, 1.54) is 7.11 Å². The summed E-state index contributed by atoms with van der Waals surface area (Å²) in [6.45, 7) is 14.7. The molecule has 3 aliphatic rings. The van der Waals surface area contributed by atoms with E-state index in [0.29, 0.717) is 22.5 Å². The monoisotopic (exact) mass is 572 g/mol. The Morgan fingerprint density at radius 3 is 2.17 bits per heavy atom. The number of ether oxygens (including phenoxy) is 1. The Balaban J connectivity index is 0.00000353. The molecule has 214 valence electrons. The Morgan fingerprint density at radius 1 is 0.881 bits per heavy atom. The number of aromatic nitrogens is 3. The molecule has 5 heterocycles. The van der Waals surface area contributed by atoms with Gasteiger partial charge in [-0.3, -0.25) is 9.59 Å². The summed E-state index contributed by atoms with van der Waals surface area (Å²) in [7, 11) is 1.33. The van der Waals surface area contributed by atoms with Gasteiger partial charge in [0.25, 0.3) is 0 Å². The fourth-order valence-electron chi connectivity index (χ4n) is 6.81. The number of allylic oxidation sites excluding steroid dienone is 2. The Bertz CT molecular complexity index is 1810. The van der Waals surface area contributed by atoms with Crippen LogP contribution in [-0.4, -0.2) is 41.9 Å². The summed E-state index contributed by atoms with van der Waals surface area (Å²) in [6.07, 6.45) is 8.78. The molecule has 3 aromatic rings. The Morgan fingerprint density at radius 2 is 1.52 bits per heavy atom. The molecular weight excluding hydrogens is 537 g/mol. The van der Waals surface area contributed by atoms with Crippen molar-refractivity contribution in [1.29, 1.82) is 0 Å². The van der Waals surface area contributed by atoms with Gasteiger partial charge in [0.05, 0.1) is 7.11 Å². The van der Waals surface area contributed by atoms with E-state index in [1.54, 1.807) is 0 Å². The zero-order valence-electron chi connectivity index (χ0n) is 25.8. The van der Waals surface area contributed by atoms with Crippen LogP contribution < -0.4 is 25.7 Å². The molecule has 0 unspecified atom stereocenters. The summed E-state index contributed by atoms with van der Waals surface area (Å²) in [5, 5.41) is 6.91. The molecule has 0 saturated carbocycles. The smallest absolute Gasteiger partial charge is 0.664 e. The van der Waals surface area contributed by atoms with Crippen LogP contribution in [0.5, 0.6) is 0 Å². The number of Topliss-reactive ketones (excluding diaryl/α,β-unsaturated/α-hetero) is 1. The third-order valence-corrected chi connectivity index (χ3v) is 9.41. The molecule has 2 aliphatic heterocycles. The van der Waals surface area contributed by atoms with Crippen molar-refractivity contribution in [3.63, 3.8) is 0 Å². The number of hydrogen-bond acceptors (Lipinski definition) is 3. The number of rotatable bonds is 4. The summed E-state index contributed by atoms with van der Waals surface area (Å²) < 4.78 is 5.17. The molecule has 8 heteroatoms. The van der Waals surface area contributed by atoms with Crippen LogP contribution in [-0.2, 0) is 16.0 Å². The van der Waals surface area contributed by atoms with Gasteiger partial charge < -0.3 is 25.0 Å². The van der Waals surface area contributed by atoms with Gasteiger partial charge in [0.1, 0.15) is 5.92 Å². The van der Waals surface area contributed by atoms with Gasteiger partial charge >= 0.3 is 29.0 Å². The average Bonchev–Trinajstić information content (AvgIpc) is 3.68. The molecule has 1 aliphatic carbocycles. The SMILES string of the molecule is CCC[C@@H]1/C2=C3/c4[n-]c(c(C)c4C(=O)[C@@H]3C(=O)OC)/C=c3\[n-]/c(c(C)c3CC)=C\c3[n-]c(c(C)c3C)/C=C(\[N-]2)[C@H]1C.[Mg+2]. The number of nitrogens with zero attached hydrogens (tertiary/aromatic N) is 4. The van der Waals surface area contributed by atoms with Gasteiger partial charge in [-0.1, -0.05) is 78.8 Å². The number of esters is 1. The number of methoxy groups -OCH3 is 1. The van der Waals surface area contributed by atoms with Crippen LogP contribution in [0, 0.1) is 45.4 Å². The molecule has 0 radical (unpaired) electrons. The molecule has 1 fully saturated rings. The number of carbonyl (C=O) groups excluding carboxylic acids is 2. The Kier molecular flexibility index (Phi) is 8.00. The molecule has 0 aromatic carbocycles. The zero-order valence-corrected chi connectivity index (χ0v) is 27.2. The van der Waals surface area contributed by atoms with E-state index in [2.05, 4.69) is 53.7 Å². The van der Waals surface area contributed by atoms with Gasteiger partial charge in [-0.2, -0.15) is 11.4 Å². The maximum atomic E-state index is 13.9. The molecule has 6 rings (SSSR count). The van der Waals surface area contributed by atoms with Gasteiger partial charge in [-0.15, -0.1) is 33.5 Å². The van der Waals surface area contributed by atoms with Gasteiger partial charge in [0.15, 0.2) is 5.78 Å². The van der Waals surface area contributed by atoms with Crippen LogP contribution in [0.25, 0.3) is 29.1 Å². The Labute approximate surface area is 263 Å². The first-order chi connectivity index (χ1) is 19.6. The van der Waals surface area contributed by atoms with Crippen molar-refractivity contribution in [2.24, 2.45) is 17.8 Å². The maximum absolute atomic E-state index is 13.9. The molecule has 0 N–H and O–H groups in total. The molecule has 42 heavy (non-hydrogen) atoms. The zero-order chi connectivity index (χ0) is 29.3. The minimum Gasteiger partial charge on any atom is -0.664 e. The first-order valence-electron chi connectivity index (χ1n) is 14.6. The van der Waals surface area contributed by atoms with Crippen molar-refractivity contribution >= 4 is 58.6 Å². The van der Waals surface area contributed by atoms with Crippen molar-refractivity contribution in [1.82, 2.24) is 15.0 Å². The number of carbonyl (C=O) groups is 2. The number of hydrogen-bond donors (Lipinski definition) is 0.